The van der Waals surface area contributed by atoms with Gasteiger partial charge in [-0.1, -0.05) is 18.6 Å². The standard InChI is InChI=1S/C24H25FN2O3/c25-19-6-10-21(11-7-19)29-17-22-12-13-23(30-22)24(28)26-20-8-4-18(5-9-20)16-27-14-2-1-3-15-27/h4-13H,1-3,14-17H2,(H,26,28). The Kier molecular flexibility index (Phi) is 6.44. The van der Waals surface area contributed by atoms with Crippen molar-refractivity contribution in [2.45, 2.75) is 32.4 Å². The van der Waals surface area contributed by atoms with Crippen LogP contribution in [0.5, 0.6) is 5.75 Å². The molecule has 5 nitrogen and oxygen atoms in total. The molecule has 1 fully saturated rings. The average Bonchev–Trinajstić information content (AvgIpc) is 3.25. The summed E-state index contributed by atoms with van der Waals surface area (Å²) < 4.78 is 24.0. The number of benzene rings is 2. The number of likely N-dealkylation sites (tertiary alicyclic amines) is 1. The molecular formula is C24H25FN2O3. The minimum absolute atomic E-state index is 0.157. The second-order valence-electron chi connectivity index (χ2n) is 7.50. The maximum absolute atomic E-state index is 12.9. The van der Waals surface area contributed by atoms with Gasteiger partial charge in [-0.05, 0) is 80.0 Å². The molecule has 0 bridgehead atoms. The van der Waals surface area contributed by atoms with E-state index < -0.39 is 0 Å². The van der Waals surface area contributed by atoms with Crippen LogP contribution in [0.3, 0.4) is 0 Å². The molecule has 30 heavy (non-hydrogen) atoms. The molecule has 2 aromatic carbocycles. The number of piperidine rings is 1. The number of rotatable bonds is 7. The van der Waals surface area contributed by atoms with Crippen molar-refractivity contribution in [2.24, 2.45) is 0 Å². The van der Waals surface area contributed by atoms with Crippen LogP contribution < -0.4 is 10.1 Å². The van der Waals surface area contributed by atoms with Crippen molar-refractivity contribution in [3.8, 4) is 5.75 Å². The molecule has 1 amide bonds. The number of nitrogens with one attached hydrogen (secondary N) is 1. The molecule has 1 aliphatic rings. The monoisotopic (exact) mass is 408 g/mol. The van der Waals surface area contributed by atoms with Gasteiger partial charge in [-0.15, -0.1) is 0 Å². The molecule has 0 radical (unpaired) electrons. The second kappa shape index (κ2) is 9.59. The van der Waals surface area contributed by atoms with Gasteiger partial charge in [-0.3, -0.25) is 9.69 Å². The van der Waals surface area contributed by atoms with Crippen LogP contribution in [0.25, 0.3) is 0 Å². The quantitative estimate of drug-likeness (QED) is 0.581. The minimum atomic E-state index is -0.321. The lowest BCUT2D eigenvalue weighted by Crippen LogP contribution is -2.29. The van der Waals surface area contributed by atoms with Gasteiger partial charge in [0.05, 0.1) is 0 Å². The number of nitrogens with zero attached hydrogens (tertiary/aromatic N) is 1. The SMILES string of the molecule is O=C(Nc1ccc(CN2CCCCC2)cc1)c1ccc(COc2ccc(F)cc2)o1. The maximum atomic E-state index is 12.9. The third-order valence-electron chi connectivity index (χ3n) is 5.15. The number of hydrogen-bond acceptors (Lipinski definition) is 4. The third kappa shape index (κ3) is 5.48. The highest BCUT2D eigenvalue weighted by Crippen LogP contribution is 2.18. The summed E-state index contributed by atoms with van der Waals surface area (Å²) in [7, 11) is 0. The Labute approximate surface area is 175 Å². The Morgan fingerprint density at radius 1 is 0.967 bits per heavy atom. The first-order valence-corrected chi connectivity index (χ1v) is 10.3. The summed E-state index contributed by atoms with van der Waals surface area (Å²) in [4.78, 5) is 14.9. The van der Waals surface area contributed by atoms with Crippen molar-refractivity contribution in [2.75, 3.05) is 18.4 Å². The molecule has 156 valence electrons. The first-order valence-electron chi connectivity index (χ1n) is 10.3. The highest BCUT2D eigenvalue weighted by atomic mass is 19.1. The Hall–Kier alpha value is -3.12. The van der Waals surface area contributed by atoms with Crippen LogP contribution in [-0.4, -0.2) is 23.9 Å². The zero-order chi connectivity index (χ0) is 20.8. The van der Waals surface area contributed by atoms with E-state index in [0.717, 1.165) is 25.3 Å². The molecule has 4 rings (SSSR count). The number of ether oxygens (including phenoxy) is 1. The van der Waals surface area contributed by atoms with Gasteiger partial charge in [0.15, 0.2) is 5.76 Å². The molecule has 0 saturated carbocycles. The van der Waals surface area contributed by atoms with Crippen molar-refractivity contribution in [1.82, 2.24) is 4.90 Å². The molecule has 1 aromatic heterocycles. The molecule has 2 heterocycles. The topological polar surface area (TPSA) is 54.7 Å². The van der Waals surface area contributed by atoms with E-state index in [-0.39, 0.29) is 24.1 Å². The summed E-state index contributed by atoms with van der Waals surface area (Å²) in [5, 5.41) is 2.85. The number of amides is 1. The molecule has 0 aliphatic carbocycles. The zero-order valence-corrected chi connectivity index (χ0v) is 16.8. The highest BCUT2D eigenvalue weighted by Gasteiger charge is 2.13. The van der Waals surface area contributed by atoms with E-state index in [0.29, 0.717) is 11.5 Å². The van der Waals surface area contributed by atoms with Gasteiger partial charge in [-0.25, -0.2) is 4.39 Å². The lowest BCUT2D eigenvalue weighted by molar-refractivity contribution is 0.0992. The highest BCUT2D eigenvalue weighted by molar-refractivity contribution is 6.02. The number of hydrogen-bond donors (Lipinski definition) is 1. The first kappa shape index (κ1) is 20.2. The third-order valence-corrected chi connectivity index (χ3v) is 5.15. The fourth-order valence-electron chi connectivity index (χ4n) is 3.52. The van der Waals surface area contributed by atoms with Crippen molar-refractivity contribution < 1.29 is 18.3 Å². The van der Waals surface area contributed by atoms with Crippen LogP contribution in [0.1, 0.15) is 41.1 Å². The Bertz CT molecular complexity index is 961. The Morgan fingerprint density at radius 2 is 1.70 bits per heavy atom. The van der Waals surface area contributed by atoms with E-state index in [2.05, 4.69) is 10.2 Å². The van der Waals surface area contributed by atoms with Crippen LogP contribution in [-0.2, 0) is 13.2 Å². The van der Waals surface area contributed by atoms with Gasteiger partial charge >= 0.3 is 0 Å². The van der Waals surface area contributed by atoms with E-state index in [4.69, 9.17) is 9.15 Å². The smallest absolute Gasteiger partial charge is 0.291 e. The number of anilines is 1. The van der Waals surface area contributed by atoms with Crippen molar-refractivity contribution in [1.29, 1.82) is 0 Å². The maximum Gasteiger partial charge on any atom is 0.291 e. The number of halogens is 1. The zero-order valence-electron chi connectivity index (χ0n) is 16.8. The molecule has 1 aliphatic heterocycles. The summed E-state index contributed by atoms with van der Waals surface area (Å²) in [5.74, 6) is 0.626. The minimum Gasteiger partial charge on any atom is -0.486 e. The van der Waals surface area contributed by atoms with Gasteiger partial charge in [0, 0.05) is 12.2 Å². The van der Waals surface area contributed by atoms with Crippen LogP contribution >= 0.6 is 0 Å². The number of furan rings is 1. The van der Waals surface area contributed by atoms with E-state index in [9.17, 15) is 9.18 Å². The molecule has 6 heteroatoms. The first-order chi connectivity index (χ1) is 14.7. The predicted octanol–water partition coefficient (Wildman–Crippen LogP) is 5.24. The Balaban J connectivity index is 1.28. The van der Waals surface area contributed by atoms with Crippen molar-refractivity contribution in [3.63, 3.8) is 0 Å². The van der Waals surface area contributed by atoms with Gasteiger partial charge in [0.25, 0.3) is 5.91 Å². The van der Waals surface area contributed by atoms with Crippen LogP contribution in [0.15, 0.2) is 65.1 Å². The number of carbonyl (C=O) groups excluding carboxylic acids is 1. The van der Waals surface area contributed by atoms with Crippen LogP contribution in [0.4, 0.5) is 10.1 Å². The molecule has 0 atom stereocenters. The van der Waals surface area contributed by atoms with E-state index in [1.165, 1.54) is 37.0 Å². The van der Waals surface area contributed by atoms with Crippen LogP contribution in [0, 0.1) is 5.82 Å². The predicted molar refractivity (Wildman–Crippen MR) is 113 cm³/mol. The summed E-state index contributed by atoms with van der Waals surface area (Å²) in [6, 6.07) is 17.0. The fraction of sp³-hybridized carbons (Fsp3) is 0.292. The van der Waals surface area contributed by atoms with Gasteiger partial charge in [-0.2, -0.15) is 0 Å². The number of carbonyl (C=O) groups is 1. The van der Waals surface area contributed by atoms with Gasteiger partial charge in [0.2, 0.25) is 0 Å². The summed E-state index contributed by atoms with van der Waals surface area (Å²) >= 11 is 0. The van der Waals surface area contributed by atoms with Crippen molar-refractivity contribution >= 4 is 11.6 Å². The molecule has 3 aromatic rings. The lowest BCUT2D eigenvalue weighted by Gasteiger charge is -2.26. The lowest BCUT2D eigenvalue weighted by atomic mass is 10.1. The second-order valence-corrected chi connectivity index (χ2v) is 7.50. The van der Waals surface area contributed by atoms with Gasteiger partial charge in [0.1, 0.15) is 23.9 Å². The molecule has 1 N–H and O–H groups in total. The van der Waals surface area contributed by atoms with Gasteiger partial charge < -0.3 is 14.5 Å². The summed E-state index contributed by atoms with van der Waals surface area (Å²) in [6.45, 7) is 3.42. The molecule has 0 spiro atoms. The molecule has 1 saturated heterocycles. The van der Waals surface area contributed by atoms with Crippen LogP contribution in [0.2, 0.25) is 0 Å². The van der Waals surface area contributed by atoms with Crippen molar-refractivity contribution in [3.05, 3.63) is 83.6 Å². The fourth-order valence-corrected chi connectivity index (χ4v) is 3.52. The largest absolute Gasteiger partial charge is 0.486 e. The molecule has 0 unspecified atom stereocenters. The van der Waals surface area contributed by atoms with E-state index in [1.807, 2.05) is 24.3 Å². The van der Waals surface area contributed by atoms with E-state index >= 15 is 0 Å². The Morgan fingerprint density at radius 3 is 2.43 bits per heavy atom. The van der Waals surface area contributed by atoms with E-state index in [1.54, 1.807) is 24.3 Å². The summed E-state index contributed by atoms with van der Waals surface area (Å²) in [6.07, 6.45) is 3.87. The average molecular weight is 408 g/mol. The summed E-state index contributed by atoms with van der Waals surface area (Å²) in [5.41, 5.74) is 1.97. The molecular weight excluding hydrogens is 383 g/mol. The normalized spacial score (nSPS) is 14.4.